The summed E-state index contributed by atoms with van der Waals surface area (Å²) in [4.78, 5) is 11.4. The first-order valence-electron chi connectivity index (χ1n) is 4.01. The van der Waals surface area contributed by atoms with Crippen molar-refractivity contribution in [1.82, 2.24) is 0 Å². The van der Waals surface area contributed by atoms with Gasteiger partial charge in [0.15, 0.2) is 0 Å². The number of rotatable bonds is 0. The predicted octanol–water partition coefficient (Wildman–Crippen LogP) is 2.16. The Morgan fingerprint density at radius 3 is 3.17 bits per heavy atom. The maximum atomic E-state index is 11.4. The molecule has 0 aromatic heterocycles. The number of allylic oxidation sites excluding steroid dienone is 4. The van der Waals surface area contributed by atoms with Crippen LogP contribution >= 0.6 is 15.9 Å². The Morgan fingerprint density at radius 1 is 1.58 bits per heavy atom. The Balaban J connectivity index is 2.34. The largest absolute Gasteiger partial charge is 0.496 e. The summed E-state index contributed by atoms with van der Waals surface area (Å²) in [5.74, 6) is 1.12. The zero-order chi connectivity index (χ0) is 8.55. The molecule has 1 atom stereocenters. The fourth-order valence-electron chi connectivity index (χ4n) is 1.55. The van der Waals surface area contributed by atoms with E-state index in [1.54, 1.807) is 0 Å². The molecule has 0 amide bonds. The quantitative estimate of drug-likeness (QED) is 0.636. The molecule has 1 fully saturated rings. The second-order valence-electron chi connectivity index (χ2n) is 2.97. The summed E-state index contributed by atoms with van der Waals surface area (Å²) in [7, 11) is 0. The van der Waals surface area contributed by atoms with Crippen LogP contribution in [0.25, 0.3) is 0 Å². The van der Waals surface area contributed by atoms with Gasteiger partial charge in [0, 0.05) is 6.42 Å². The van der Waals surface area contributed by atoms with Crippen LogP contribution in [0.15, 0.2) is 22.4 Å². The SMILES string of the molecule is O=C1CCOC2=C(Br)C=CCC12. The lowest BCUT2D eigenvalue weighted by atomic mass is 9.91. The highest BCUT2D eigenvalue weighted by molar-refractivity contribution is 9.11. The van der Waals surface area contributed by atoms with E-state index in [0.29, 0.717) is 18.8 Å². The van der Waals surface area contributed by atoms with Crippen molar-refractivity contribution in [2.24, 2.45) is 5.92 Å². The summed E-state index contributed by atoms with van der Waals surface area (Å²) in [6.07, 6.45) is 5.31. The van der Waals surface area contributed by atoms with E-state index < -0.39 is 0 Å². The van der Waals surface area contributed by atoms with E-state index >= 15 is 0 Å². The van der Waals surface area contributed by atoms with Gasteiger partial charge in [0.1, 0.15) is 11.5 Å². The van der Waals surface area contributed by atoms with E-state index in [2.05, 4.69) is 15.9 Å². The molecule has 0 radical (unpaired) electrons. The second-order valence-corrected chi connectivity index (χ2v) is 3.82. The smallest absolute Gasteiger partial charge is 0.147 e. The highest BCUT2D eigenvalue weighted by atomic mass is 79.9. The van der Waals surface area contributed by atoms with Gasteiger partial charge in [-0.3, -0.25) is 4.79 Å². The third-order valence-electron chi connectivity index (χ3n) is 2.18. The van der Waals surface area contributed by atoms with Crippen LogP contribution in [0.2, 0.25) is 0 Å². The molecule has 1 unspecified atom stereocenters. The molecule has 2 rings (SSSR count). The minimum atomic E-state index is -0.0156. The number of ether oxygens (including phenoxy) is 1. The van der Waals surface area contributed by atoms with Crippen LogP contribution < -0.4 is 0 Å². The highest BCUT2D eigenvalue weighted by Gasteiger charge is 2.30. The summed E-state index contributed by atoms with van der Waals surface area (Å²) in [6, 6.07) is 0. The summed E-state index contributed by atoms with van der Waals surface area (Å²) < 4.78 is 6.35. The Hall–Kier alpha value is -0.570. The van der Waals surface area contributed by atoms with E-state index in [1.807, 2.05) is 12.2 Å². The van der Waals surface area contributed by atoms with Gasteiger partial charge in [-0.15, -0.1) is 0 Å². The third kappa shape index (κ3) is 1.22. The van der Waals surface area contributed by atoms with Crippen molar-refractivity contribution in [2.45, 2.75) is 12.8 Å². The molecule has 0 N–H and O–H groups in total. The van der Waals surface area contributed by atoms with Crippen LogP contribution in [0.5, 0.6) is 0 Å². The van der Waals surface area contributed by atoms with Crippen molar-refractivity contribution >= 4 is 21.7 Å². The van der Waals surface area contributed by atoms with Crippen LogP contribution in [0, 0.1) is 5.92 Å². The molecule has 64 valence electrons. The van der Waals surface area contributed by atoms with Crippen molar-refractivity contribution in [3.63, 3.8) is 0 Å². The number of ketones is 1. The standard InChI is InChI=1S/C9H9BrO2/c10-7-3-1-2-6-8(11)4-5-12-9(6)7/h1,3,6H,2,4-5H2. The molecule has 1 heterocycles. The molecule has 0 saturated carbocycles. The van der Waals surface area contributed by atoms with Crippen LogP contribution in [0.4, 0.5) is 0 Å². The predicted molar refractivity (Wildman–Crippen MR) is 48.8 cm³/mol. The molecule has 3 heteroatoms. The van der Waals surface area contributed by atoms with E-state index in [-0.39, 0.29) is 5.92 Å². The number of hydrogen-bond acceptors (Lipinski definition) is 2. The minimum Gasteiger partial charge on any atom is -0.496 e. The molecule has 0 spiro atoms. The van der Waals surface area contributed by atoms with Crippen molar-refractivity contribution < 1.29 is 9.53 Å². The number of carbonyl (C=O) groups is 1. The van der Waals surface area contributed by atoms with Gasteiger partial charge in [-0.05, 0) is 28.4 Å². The lowest BCUT2D eigenvalue weighted by Crippen LogP contribution is -2.27. The molecule has 1 aliphatic carbocycles. The van der Waals surface area contributed by atoms with Gasteiger partial charge in [0.25, 0.3) is 0 Å². The van der Waals surface area contributed by atoms with Gasteiger partial charge in [0.05, 0.1) is 17.0 Å². The van der Waals surface area contributed by atoms with Gasteiger partial charge in [-0.2, -0.15) is 0 Å². The number of carbonyl (C=O) groups excluding carboxylic acids is 1. The van der Waals surface area contributed by atoms with E-state index in [1.165, 1.54) is 0 Å². The number of Topliss-reactive ketones (excluding diaryl/α,β-unsaturated/α-hetero) is 1. The zero-order valence-electron chi connectivity index (χ0n) is 6.55. The fourth-order valence-corrected chi connectivity index (χ4v) is 2.12. The van der Waals surface area contributed by atoms with Gasteiger partial charge in [-0.25, -0.2) is 0 Å². The third-order valence-corrected chi connectivity index (χ3v) is 2.84. The first-order chi connectivity index (χ1) is 5.79. The van der Waals surface area contributed by atoms with Crippen LogP contribution in [-0.2, 0) is 9.53 Å². The molecule has 2 aliphatic rings. The van der Waals surface area contributed by atoms with Crippen LogP contribution in [0.3, 0.4) is 0 Å². The normalized spacial score (nSPS) is 28.4. The van der Waals surface area contributed by atoms with Gasteiger partial charge >= 0.3 is 0 Å². The van der Waals surface area contributed by atoms with Crippen LogP contribution in [-0.4, -0.2) is 12.4 Å². The van der Waals surface area contributed by atoms with Gasteiger partial charge in [0.2, 0.25) is 0 Å². The molecular weight excluding hydrogens is 220 g/mol. The summed E-state index contributed by atoms with van der Waals surface area (Å²) in [5, 5.41) is 0. The summed E-state index contributed by atoms with van der Waals surface area (Å²) in [5.41, 5.74) is 0. The second kappa shape index (κ2) is 3.05. The zero-order valence-corrected chi connectivity index (χ0v) is 8.13. The van der Waals surface area contributed by atoms with Crippen LogP contribution in [0.1, 0.15) is 12.8 Å². The summed E-state index contributed by atoms with van der Waals surface area (Å²) in [6.45, 7) is 0.535. The maximum Gasteiger partial charge on any atom is 0.147 e. The monoisotopic (exact) mass is 228 g/mol. The fraction of sp³-hybridized carbons (Fsp3) is 0.444. The molecule has 2 nitrogen and oxygen atoms in total. The Bertz CT molecular complexity index is 278. The van der Waals surface area contributed by atoms with Crippen molar-refractivity contribution in [1.29, 1.82) is 0 Å². The molecular formula is C9H9BrO2. The number of fused-ring (bicyclic) bond motifs is 1. The molecule has 1 saturated heterocycles. The lowest BCUT2D eigenvalue weighted by molar-refractivity contribution is -0.126. The lowest BCUT2D eigenvalue weighted by Gasteiger charge is -2.26. The average molecular weight is 229 g/mol. The summed E-state index contributed by atoms with van der Waals surface area (Å²) >= 11 is 3.37. The van der Waals surface area contributed by atoms with Gasteiger partial charge in [-0.1, -0.05) is 6.08 Å². The first kappa shape index (κ1) is 8.05. The number of halogens is 1. The van der Waals surface area contributed by atoms with E-state index in [9.17, 15) is 4.79 Å². The average Bonchev–Trinajstić information content (AvgIpc) is 2.07. The molecule has 0 aromatic carbocycles. The maximum absolute atomic E-state index is 11.4. The Morgan fingerprint density at radius 2 is 2.42 bits per heavy atom. The molecule has 0 bridgehead atoms. The van der Waals surface area contributed by atoms with Gasteiger partial charge < -0.3 is 4.74 Å². The molecule has 0 aromatic rings. The molecule has 1 aliphatic heterocycles. The first-order valence-corrected chi connectivity index (χ1v) is 4.80. The Labute approximate surface area is 79.4 Å². The molecule has 12 heavy (non-hydrogen) atoms. The van der Waals surface area contributed by atoms with Crippen molar-refractivity contribution in [2.75, 3.05) is 6.61 Å². The van der Waals surface area contributed by atoms with Crippen molar-refractivity contribution in [3.8, 4) is 0 Å². The van der Waals surface area contributed by atoms with E-state index in [4.69, 9.17) is 4.74 Å². The van der Waals surface area contributed by atoms with Crippen molar-refractivity contribution in [3.05, 3.63) is 22.4 Å². The number of hydrogen-bond donors (Lipinski definition) is 0. The Kier molecular flexibility index (Phi) is 2.05. The topological polar surface area (TPSA) is 26.3 Å². The highest BCUT2D eigenvalue weighted by Crippen LogP contribution is 2.33. The van der Waals surface area contributed by atoms with E-state index in [0.717, 1.165) is 16.7 Å². The minimum absolute atomic E-state index is 0.0156.